The zero-order valence-corrected chi connectivity index (χ0v) is 12.7. The van der Waals surface area contributed by atoms with Gasteiger partial charge in [0.25, 0.3) is 0 Å². The fourth-order valence-corrected chi connectivity index (χ4v) is 2.11. The van der Waals surface area contributed by atoms with Crippen LogP contribution >= 0.6 is 11.6 Å². The third kappa shape index (κ3) is 2.85. The van der Waals surface area contributed by atoms with Gasteiger partial charge in [-0.3, -0.25) is 0 Å². The number of esters is 1. The van der Waals surface area contributed by atoms with Gasteiger partial charge in [0, 0.05) is 10.4 Å². The Hall–Kier alpha value is -1.81. The van der Waals surface area contributed by atoms with Gasteiger partial charge in [0.05, 0.1) is 18.5 Å². The molecule has 0 aliphatic carbocycles. The van der Waals surface area contributed by atoms with E-state index in [0.717, 1.165) is 11.4 Å². The van der Waals surface area contributed by atoms with E-state index >= 15 is 0 Å². The highest BCUT2D eigenvalue weighted by atomic mass is 35.5. The number of benzene rings is 1. The standard InChI is InChI=1S/C15H17ClN2O2/c1-15(2,3)13-9-12(14(19)20-4)17-18(13)11-7-5-6-10(16)8-11/h5-9H,1-4H3. The lowest BCUT2D eigenvalue weighted by molar-refractivity contribution is 0.0593. The van der Waals surface area contributed by atoms with Crippen molar-refractivity contribution < 1.29 is 9.53 Å². The zero-order chi connectivity index (χ0) is 14.9. The van der Waals surface area contributed by atoms with E-state index in [-0.39, 0.29) is 11.1 Å². The van der Waals surface area contributed by atoms with Crippen LogP contribution in [0.3, 0.4) is 0 Å². The summed E-state index contributed by atoms with van der Waals surface area (Å²) in [5, 5.41) is 4.96. The number of hydrogen-bond acceptors (Lipinski definition) is 3. The van der Waals surface area contributed by atoms with Crippen LogP contribution in [0.1, 0.15) is 37.0 Å². The molecule has 0 aliphatic heterocycles. The van der Waals surface area contributed by atoms with Gasteiger partial charge in [-0.05, 0) is 24.3 Å². The van der Waals surface area contributed by atoms with E-state index in [1.165, 1.54) is 7.11 Å². The number of rotatable bonds is 2. The van der Waals surface area contributed by atoms with E-state index in [9.17, 15) is 4.79 Å². The summed E-state index contributed by atoms with van der Waals surface area (Å²) in [5.74, 6) is -0.448. The van der Waals surface area contributed by atoms with Crippen molar-refractivity contribution in [1.82, 2.24) is 9.78 Å². The molecule has 2 rings (SSSR count). The third-order valence-electron chi connectivity index (χ3n) is 2.93. The predicted molar refractivity (Wildman–Crippen MR) is 78.6 cm³/mol. The van der Waals surface area contributed by atoms with E-state index in [1.807, 2.05) is 18.2 Å². The van der Waals surface area contributed by atoms with Crippen molar-refractivity contribution >= 4 is 17.6 Å². The van der Waals surface area contributed by atoms with Gasteiger partial charge in [-0.1, -0.05) is 38.4 Å². The number of aromatic nitrogens is 2. The lowest BCUT2D eigenvalue weighted by atomic mass is 9.91. The van der Waals surface area contributed by atoms with Crippen LogP contribution in [0.25, 0.3) is 5.69 Å². The second kappa shape index (κ2) is 5.29. The van der Waals surface area contributed by atoms with Gasteiger partial charge in [0.15, 0.2) is 5.69 Å². The van der Waals surface area contributed by atoms with Crippen LogP contribution < -0.4 is 0 Å². The molecule has 0 unspecified atom stereocenters. The summed E-state index contributed by atoms with van der Waals surface area (Å²) >= 11 is 6.03. The van der Waals surface area contributed by atoms with Crippen molar-refractivity contribution in [2.45, 2.75) is 26.2 Å². The second-order valence-corrected chi connectivity index (χ2v) is 5.98. The Kier molecular flexibility index (Phi) is 3.86. The molecule has 0 bridgehead atoms. The Balaban J connectivity index is 2.62. The van der Waals surface area contributed by atoms with Crippen LogP contribution in [0, 0.1) is 0 Å². The van der Waals surface area contributed by atoms with Crippen molar-refractivity contribution in [3.63, 3.8) is 0 Å². The normalized spacial score (nSPS) is 11.4. The molecule has 0 saturated carbocycles. The van der Waals surface area contributed by atoms with Gasteiger partial charge in [0.2, 0.25) is 0 Å². The molecule has 2 aromatic rings. The molecule has 0 saturated heterocycles. The molecule has 1 heterocycles. The fraction of sp³-hybridized carbons (Fsp3) is 0.333. The quantitative estimate of drug-likeness (QED) is 0.794. The highest BCUT2D eigenvalue weighted by molar-refractivity contribution is 6.30. The first kappa shape index (κ1) is 14.6. The van der Waals surface area contributed by atoms with Crippen LogP contribution in [-0.4, -0.2) is 22.9 Å². The largest absolute Gasteiger partial charge is 0.464 e. The van der Waals surface area contributed by atoms with E-state index in [2.05, 4.69) is 25.9 Å². The Bertz CT molecular complexity index is 642. The Morgan fingerprint density at radius 3 is 2.55 bits per heavy atom. The summed E-state index contributed by atoms with van der Waals surface area (Å²) in [4.78, 5) is 11.7. The maximum absolute atomic E-state index is 11.7. The number of methoxy groups -OCH3 is 1. The molecule has 4 nitrogen and oxygen atoms in total. The van der Waals surface area contributed by atoms with Crippen LogP contribution in [0.4, 0.5) is 0 Å². The summed E-state index contributed by atoms with van der Waals surface area (Å²) in [6, 6.07) is 9.11. The van der Waals surface area contributed by atoms with Gasteiger partial charge in [-0.2, -0.15) is 5.10 Å². The molecule has 1 aromatic heterocycles. The van der Waals surface area contributed by atoms with Crippen LogP contribution in [0.2, 0.25) is 5.02 Å². The summed E-state index contributed by atoms with van der Waals surface area (Å²) in [7, 11) is 1.34. The highest BCUT2D eigenvalue weighted by Crippen LogP contribution is 2.27. The first-order chi connectivity index (χ1) is 9.32. The average Bonchev–Trinajstić information content (AvgIpc) is 2.82. The Labute approximate surface area is 123 Å². The van der Waals surface area contributed by atoms with Crippen molar-refractivity contribution in [2.75, 3.05) is 7.11 Å². The molecule has 0 fully saturated rings. The summed E-state index contributed by atoms with van der Waals surface area (Å²) < 4.78 is 6.47. The zero-order valence-electron chi connectivity index (χ0n) is 12.0. The van der Waals surface area contributed by atoms with E-state index in [4.69, 9.17) is 16.3 Å². The summed E-state index contributed by atoms with van der Waals surface area (Å²) in [6.07, 6.45) is 0. The monoisotopic (exact) mass is 292 g/mol. The topological polar surface area (TPSA) is 44.1 Å². The summed E-state index contributed by atoms with van der Waals surface area (Å²) in [5.41, 5.74) is 1.86. The third-order valence-corrected chi connectivity index (χ3v) is 3.16. The molecular weight excluding hydrogens is 276 g/mol. The fourth-order valence-electron chi connectivity index (χ4n) is 1.92. The molecule has 20 heavy (non-hydrogen) atoms. The van der Waals surface area contributed by atoms with Crippen molar-refractivity contribution in [2.24, 2.45) is 0 Å². The first-order valence-electron chi connectivity index (χ1n) is 6.28. The molecule has 0 radical (unpaired) electrons. The number of carbonyl (C=O) groups is 1. The van der Waals surface area contributed by atoms with Gasteiger partial charge < -0.3 is 4.74 Å². The number of carbonyl (C=O) groups excluding carboxylic acids is 1. The Morgan fingerprint density at radius 2 is 2.00 bits per heavy atom. The van der Waals surface area contributed by atoms with Crippen molar-refractivity contribution in [1.29, 1.82) is 0 Å². The average molecular weight is 293 g/mol. The predicted octanol–water partition coefficient (Wildman–Crippen LogP) is 3.61. The molecular formula is C15H17ClN2O2. The molecule has 106 valence electrons. The number of hydrogen-bond donors (Lipinski definition) is 0. The number of nitrogens with zero attached hydrogens (tertiary/aromatic N) is 2. The van der Waals surface area contributed by atoms with Gasteiger partial charge in [-0.15, -0.1) is 0 Å². The molecule has 0 amide bonds. The van der Waals surface area contributed by atoms with Crippen LogP contribution in [0.15, 0.2) is 30.3 Å². The van der Waals surface area contributed by atoms with Gasteiger partial charge >= 0.3 is 5.97 Å². The minimum Gasteiger partial charge on any atom is -0.464 e. The number of halogens is 1. The molecule has 0 aliphatic rings. The Morgan fingerprint density at radius 1 is 1.30 bits per heavy atom. The second-order valence-electron chi connectivity index (χ2n) is 5.55. The maximum atomic E-state index is 11.7. The molecule has 0 spiro atoms. The molecule has 1 aromatic carbocycles. The molecule has 0 atom stereocenters. The molecule has 5 heteroatoms. The van der Waals surface area contributed by atoms with Gasteiger partial charge in [0.1, 0.15) is 0 Å². The number of ether oxygens (including phenoxy) is 1. The maximum Gasteiger partial charge on any atom is 0.358 e. The van der Waals surface area contributed by atoms with Crippen LogP contribution in [0.5, 0.6) is 0 Å². The minimum absolute atomic E-state index is 0.165. The summed E-state index contributed by atoms with van der Waals surface area (Å²) in [6.45, 7) is 6.18. The van der Waals surface area contributed by atoms with Crippen LogP contribution in [-0.2, 0) is 10.2 Å². The highest BCUT2D eigenvalue weighted by Gasteiger charge is 2.24. The van der Waals surface area contributed by atoms with E-state index in [1.54, 1.807) is 16.8 Å². The van der Waals surface area contributed by atoms with Crippen molar-refractivity contribution in [3.05, 3.63) is 46.7 Å². The van der Waals surface area contributed by atoms with Gasteiger partial charge in [-0.25, -0.2) is 9.48 Å². The SMILES string of the molecule is COC(=O)c1cc(C(C)(C)C)n(-c2cccc(Cl)c2)n1. The van der Waals surface area contributed by atoms with Crippen molar-refractivity contribution in [3.8, 4) is 5.69 Å². The van der Waals surface area contributed by atoms with E-state index in [0.29, 0.717) is 5.02 Å². The molecule has 0 N–H and O–H groups in total. The van der Waals surface area contributed by atoms with E-state index < -0.39 is 5.97 Å². The minimum atomic E-state index is -0.448. The first-order valence-corrected chi connectivity index (χ1v) is 6.65. The lowest BCUT2D eigenvalue weighted by Gasteiger charge is -2.20. The smallest absolute Gasteiger partial charge is 0.358 e. The lowest BCUT2D eigenvalue weighted by Crippen LogP contribution is -2.17.